The summed E-state index contributed by atoms with van der Waals surface area (Å²) < 4.78 is 0. The number of hydrogen-bond donors (Lipinski definition) is 1. The monoisotopic (exact) mass is 361 g/mol. The van der Waals surface area contributed by atoms with E-state index in [0.717, 1.165) is 22.7 Å². The molecular weight excluding hydrogens is 338 g/mol. The van der Waals surface area contributed by atoms with Crippen LogP contribution in [0.1, 0.15) is 22.5 Å². The summed E-state index contributed by atoms with van der Waals surface area (Å²) in [4.78, 5) is 22.0. The van der Waals surface area contributed by atoms with Gasteiger partial charge in [-0.05, 0) is 45.4 Å². The quantitative estimate of drug-likeness (QED) is 0.463. The van der Waals surface area contributed by atoms with Crippen LogP contribution in [0.5, 0.6) is 0 Å². The molecule has 2 aromatic rings. The third-order valence-corrected chi connectivity index (χ3v) is 5.52. The van der Waals surface area contributed by atoms with Crippen LogP contribution in [0.4, 0.5) is 0 Å². The fraction of sp³-hybridized carbons (Fsp3) is 0.389. The third kappa shape index (κ3) is 5.83. The Labute approximate surface area is 152 Å². The van der Waals surface area contributed by atoms with Gasteiger partial charge in [-0.25, -0.2) is 9.97 Å². The maximum Gasteiger partial charge on any atom is 0.230 e. The number of amides is 1. The lowest BCUT2D eigenvalue weighted by atomic mass is 10.2. The maximum atomic E-state index is 11.9. The second-order valence-corrected chi connectivity index (χ2v) is 7.71. The number of aryl methyl sites for hydroxylation is 3. The van der Waals surface area contributed by atoms with Crippen LogP contribution in [0.25, 0.3) is 0 Å². The zero-order valence-corrected chi connectivity index (χ0v) is 16.2. The van der Waals surface area contributed by atoms with Gasteiger partial charge in [-0.2, -0.15) is 0 Å². The van der Waals surface area contributed by atoms with Gasteiger partial charge in [0.05, 0.1) is 5.75 Å². The van der Waals surface area contributed by atoms with Crippen LogP contribution in [0.15, 0.2) is 34.3 Å². The van der Waals surface area contributed by atoms with Crippen molar-refractivity contribution in [2.75, 3.05) is 18.1 Å². The summed E-state index contributed by atoms with van der Waals surface area (Å²) in [6.45, 7) is 8.68. The minimum absolute atomic E-state index is 0.0176. The van der Waals surface area contributed by atoms with E-state index >= 15 is 0 Å². The fourth-order valence-electron chi connectivity index (χ4n) is 1.98. The van der Waals surface area contributed by atoms with E-state index in [-0.39, 0.29) is 5.91 Å². The Morgan fingerprint density at radius 2 is 1.62 bits per heavy atom. The summed E-state index contributed by atoms with van der Waals surface area (Å²) in [5.41, 5.74) is 4.31. The first kappa shape index (κ1) is 18.8. The van der Waals surface area contributed by atoms with Crippen LogP contribution in [-0.2, 0) is 4.79 Å². The van der Waals surface area contributed by atoms with Crippen molar-refractivity contribution in [2.45, 2.75) is 37.7 Å². The molecule has 0 atom stereocenters. The summed E-state index contributed by atoms with van der Waals surface area (Å²) in [7, 11) is 0. The molecule has 1 heterocycles. The Hall–Kier alpha value is -1.53. The Balaban J connectivity index is 1.69. The zero-order chi connectivity index (χ0) is 17.5. The fourth-order valence-corrected chi connectivity index (χ4v) is 3.51. The molecule has 0 saturated carbocycles. The topological polar surface area (TPSA) is 54.9 Å². The van der Waals surface area contributed by atoms with Gasteiger partial charge in [-0.1, -0.05) is 29.5 Å². The van der Waals surface area contributed by atoms with E-state index in [2.05, 4.69) is 46.5 Å². The van der Waals surface area contributed by atoms with E-state index in [1.807, 2.05) is 20.8 Å². The number of nitrogens with zero attached hydrogens (tertiary/aromatic N) is 2. The van der Waals surface area contributed by atoms with Gasteiger partial charge in [0.2, 0.25) is 5.91 Å². The Morgan fingerprint density at radius 1 is 1.00 bits per heavy atom. The Kier molecular flexibility index (Phi) is 7.12. The molecule has 0 bridgehead atoms. The number of carbonyl (C=O) groups is 1. The van der Waals surface area contributed by atoms with E-state index in [1.165, 1.54) is 22.2 Å². The van der Waals surface area contributed by atoms with Crippen LogP contribution in [0.2, 0.25) is 0 Å². The number of aromatic nitrogens is 2. The summed E-state index contributed by atoms with van der Waals surface area (Å²) in [5, 5.41) is 3.61. The predicted molar refractivity (Wildman–Crippen MR) is 102 cm³/mol. The lowest BCUT2D eigenvalue weighted by Crippen LogP contribution is -2.27. The Bertz CT molecular complexity index is 679. The van der Waals surface area contributed by atoms with Crippen LogP contribution < -0.4 is 5.32 Å². The number of nitrogens with one attached hydrogen (secondary N) is 1. The van der Waals surface area contributed by atoms with Crippen molar-refractivity contribution in [1.29, 1.82) is 0 Å². The van der Waals surface area contributed by atoms with E-state index in [9.17, 15) is 4.79 Å². The molecule has 0 fully saturated rings. The van der Waals surface area contributed by atoms with Gasteiger partial charge < -0.3 is 5.32 Å². The highest BCUT2D eigenvalue weighted by Gasteiger charge is 2.08. The SMILES string of the molecule is Cc1ccc(SCCNC(=O)CSc2nc(C)c(C)c(C)n2)cc1. The molecule has 0 radical (unpaired) electrons. The standard InChI is InChI=1S/C18H23N3OS2/c1-12-5-7-16(8-6-12)23-10-9-19-17(22)11-24-18-20-14(3)13(2)15(4)21-18/h5-8H,9-11H2,1-4H3,(H,19,22). The number of carbonyl (C=O) groups excluding carboxylic acids is 1. The smallest absolute Gasteiger partial charge is 0.230 e. The predicted octanol–water partition coefficient (Wildman–Crippen LogP) is 3.71. The van der Waals surface area contributed by atoms with Crippen molar-refractivity contribution in [3.05, 3.63) is 46.8 Å². The molecule has 1 aromatic carbocycles. The molecule has 1 aromatic heterocycles. The first-order valence-corrected chi connectivity index (χ1v) is 9.83. The van der Waals surface area contributed by atoms with Crippen LogP contribution in [0.3, 0.4) is 0 Å². The molecule has 0 saturated heterocycles. The molecule has 0 aliphatic heterocycles. The average molecular weight is 362 g/mol. The summed E-state index contributed by atoms with van der Waals surface area (Å²) in [6, 6.07) is 8.42. The van der Waals surface area contributed by atoms with Crippen molar-refractivity contribution in [3.63, 3.8) is 0 Å². The van der Waals surface area contributed by atoms with Crippen molar-refractivity contribution in [2.24, 2.45) is 0 Å². The van der Waals surface area contributed by atoms with Gasteiger partial charge >= 0.3 is 0 Å². The average Bonchev–Trinajstić information content (AvgIpc) is 2.56. The number of benzene rings is 1. The largest absolute Gasteiger partial charge is 0.355 e. The van der Waals surface area contributed by atoms with Gasteiger partial charge in [-0.15, -0.1) is 11.8 Å². The van der Waals surface area contributed by atoms with Gasteiger partial charge in [0.15, 0.2) is 5.16 Å². The van der Waals surface area contributed by atoms with E-state index in [4.69, 9.17) is 0 Å². The van der Waals surface area contributed by atoms with Crippen LogP contribution >= 0.6 is 23.5 Å². The number of thioether (sulfide) groups is 2. The van der Waals surface area contributed by atoms with Gasteiger partial charge in [0, 0.05) is 28.6 Å². The first-order valence-electron chi connectivity index (χ1n) is 7.86. The normalized spacial score (nSPS) is 10.7. The molecule has 1 amide bonds. The van der Waals surface area contributed by atoms with Crippen molar-refractivity contribution < 1.29 is 4.79 Å². The first-order chi connectivity index (χ1) is 11.5. The lowest BCUT2D eigenvalue weighted by Gasteiger charge is -2.07. The highest BCUT2D eigenvalue weighted by atomic mass is 32.2. The summed E-state index contributed by atoms with van der Waals surface area (Å²) in [5.74, 6) is 1.22. The number of rotatable bonds is 7. The molecule has 0 aliphatic carbocycles. The zero-order valence-electron chi connectivity index (χ0n) is 14.5. The molecule has 0 unspecified atom stereocenters. The van der Waals surface area contributed by atoms with Gasteiger partial charge in [0.25, 0.3) is 0 Å². The summed E-state index contributed by atoms with van der Waals surface area (Å²) >= 11 is 3.13. The van der Waals surface area contributed by atoms with E-state index in [1.54, 1.807) is 11.8 Å². The molecule has 0 spiro atoms. The van der Waals surface area contributed by atoms with Crippen molar-refractivity contribution in [3.8, 4) is 0 Å². The van der Waals surface area contributed by atoms with E-state index in [0.29, 0.717) is 17.5 Å². The molecule has 4 nitrogen and oxygen atoms in total. The molecule has 0 aliphatic rings. The van der Waals surface area contributed by atoms with Gasteiger partial charge in [0.1, 0.15) is 0 Å². The van der Waals surface area contributed by atoms with Crippen molar-refractivity contribution >= 4 is 29.4 Å². The summed E-state index contributed by atoms with van der Waals surface area (Å²) in [6.07, 6.45) is 0. The number of hydrogen-bond acceptors (Lipinski definition) is 5. The minimum Gasteiger partial charge on any atom is -0.355 e. The second kappa shape index (κ2) is 9.08. The second-order valence-electron chi connectivity index (χ2n) is 5.60. The van der Waals surface area contributed by atoms with E-state index < -0.39 is 0 Å². The van der Waals surface area contributed by atoms with Gasteiger partial charge in [-0.3, -0.25) is 4.79 Å². The van der Waals surface area contributed by atoms with Crippen LogP contribution in [-0.4, -0.2) is 33.9 Å². The maximum absolute atomic E-state index is 11.9. The molecule has 24 heavy (non-hydrogen) atoms. The minimum atomic E-state index is 0.0176. The highest BCUT2D eigenvalue weighted by Crippen LogP contribution is 2.18. The highest BCUT2D eigenvalue weighted by molar-refractivity contribution is 7.99. The van der Waals surface area contributed by atoms with Crippen molar-refractivity contribution in [1.82, 2.24) is 15.3 Å². The molecule has 2 rings (SSSR count). The van der Waals surface area contributed by atoms with Crippen LogP contribution in [0, 0.1) is 27.7 Å². The molecule has 1 N–H and O–H groups in total. The molecule has 6 heteroatoms. The molecular formula is C18H23N3OS2. The Morgan fingerprint density at radius 3 is 2.25 bits per heavy atom. The molecule has 128 valence electrons. The third-order valence-electron chi connectivity index (χ3n) is 3.66. The lowest BCUT2D eigenvalue weighted by molar-refractivity contribution is -0.118.